The van der Waals surface area contributed by atoms with E-state index in [1.807, 2.05) is 0 Å². The molecule has 0 aromatic carbocycles. The summed E-state index contributed by atoms with van der Waals surface area (Å²) in [6.07, 6.45) is 23.3. The van der Waals surface area contributed by atoms with Crippen LogP contribution in [-0.4, -0.2) is 35.9 Å². The minimum absolute atomic E-state index is 0.129. The maximum atomic E-state index is 9.12. The molecule has 0 bridgehead atoms. The summed E-state index contributed by atoms with van der Waals surface area (Å²) >= 11 is 0. The van der Waals surface area contributed by atoms with E-state index >= 15 is 0 Å². The lowest BCUT2D eigenvalue weighted by Gasteiger charge is -2.27. The summed E-state index contributed by atoms with van der Waals surface area (Å²) in [6.45, 7) is 6.39. The van der Waals surface area contributed by atoms with Gasteiger partial charge in [0.1, 0.15) is 0 Å². The fourth-order valence-corrected chi connectivity index (χ4v) is 3.77. The minimum Gasteiger partial charge on any atom is -0.395 e. The lowest BCUT2D eigenvalue weighted by atomic mass is 10.0. The third-order valence-corrected chi connectivity index (χ3v) is 5.47. The van der Waals surface area contributed by atoms with Crippen LogP contribution in [0.25, 0.3) is 0 Å². The highest BCUT2D eigenvalue weighted by molar-refractivity contribution is 4.65. The van der Waals surface area contributed by atoms with Gasteiger partial charge in [-0.1, -0.05) is 110 Å². The van der Waals surface area contributed by atoms with Gasteiger partial charge in [0.05, 0.1) is 12.8 Å². The molecule has 0 aliphatic heterocycles. The summed E-state index contributed by atoms with van der Waals surface area (Å²) in [4.78, 5) is 2.23. The van der Waals surface area contributed by atoms with Gasteiger partial charge < -0.3 is 10.8 Å². The zero-order chi connectivity index (χ0) is 19.3. The van der Waals surface area contributed by atoms with Gasteiger partial charge in [-0.05, 0) is 19.4 Å². The van der Waals surface area contributed by atoms with Crippen LogP contribution in [0, 0.1) is 0 Å². The Labute approximate surface area is 165 Å². The highest BCUT2D eigenvalue weighted by Crippen LogP contribution is 2.14. The molecule has 0 saturated heterocycles. The van der Waals surface area contributed by atoms with E-state index in [2.05, 4.69) is 18.7 Å². The summed E-state index contributed by atoms with van der Waals surface area (Å²) < 4.78 is 0. The van der Waals surface area contributed by atoms with Gasteiger partial charge in [0.2, 0.25) is 0 Å². The molecule has 3 N–H and O–H groups in total. The largest absolute Gasteiger partial charge is 0.395 e. The van der Waals surface area contributed by atoms with E-state index in [1.54, 1.807) is 0 Å². The van der Waals surface area contributed by atoms with Gasteiger partial charge in [-0.15, -0.1) is 0 Å². The number of aliphatic hydroxyl groups excluding tert-OH is 1. The molecule has 0 fully saturated rings. The molecule has 26 heavy (non-hydrogen) atoms. The van der Waals surface area contributed by atoms with Gasteiger partial charge in [0, 0.05) is 6.54 Å². The summed E-state index contributed by atoms with van der Waals surface area (Å²) in [5.74, 6) is 0. The first-order valence-electron chi connectivity index (χ1n) is 11.9. The highest BCUT2D eigenvalue weighted by atomic mass is 16.3. The summed E-state index contributed by atoms with van der Waals surface area (Å²) in [6, 6.07) is 0. The number of aliphatic hydroxyl groups is 1. The molecule has 0 aliphatic rings. The number of unbranched alkanes of at least 4 members (excludes halogenated alkanes) is 14. The lowest BCUT2D eigenvalue weighted by Crippen LogP contribution is -2.43. The number of rotatable bonds is 21. The number of hydrogen-bond acceptors (Lipinski definition) is 3. The van der Waals surface area contributed by atoms with Gasteiger partial charge in [0.15, 0.2) is 0 Å². The second-order valence-electron chi connectivity index (χ2n) is 8.07. The van der Waals surface area contributed by atoms with Crippen molar-refractivity contribution >= 4 is 0 Å². The van der Waals surface area contributed by atoms with Gasteiger partial charge in [-0.25, -0.2) is 0 Å². The second-order valence-corrected chi connectivity index (χ2v) is 8.07. The van der Waals surface area contributed by atoms with E-state index in [0.29, 0.717) is 6.54 Å². The first-order chi connectivity index (χ1) is 12.8. The van der Waals surface area contributed by atoms with Gasteiger partial charge >= 0.3 is 0 Å². The average Bonchev–Trinajstić information content (AvgIpc) is 2.64. The van der Waals surface area contributed by atoms with Crippen molar-refractivity contribution in [2.24, 2.45) is 5.73 Å². The third-order valence-electron chi connectivity index (χ3n) is 5.47. The average molecular weight is 371 g/mol. The van der Waals surface area contributed by atoms with Crippen LogP contribution in [0.4, 0.5) is 0 Å². The van der Waals surface area contributed by atoms with E-state index in [4.69, 9.17) is 10.8 Å². The van der Waals surface area contributed by atoms with Gasteiger partial charge in [-0.3, -0.25) is 4.90 Å². The standard InChI is InChI=1S/C23H50N2O/c1-3-5-6-7-8-9-10-11-12-13-14-15-16-17-18-19-23(24)25(20-4-2)21-22-26/h23,26H,3-22,24H2,1-2H3. The summed E-state index contributed by atoms with van der Waals surface area (Å²) in [7, 11) is 0. The van der Waals surface area contributed by atoms with Crippen LogP contribution in [0.15, 0.2) is 0 Å². The van der Waals surface area contributed by atoms with Crippen LogP contribution in [-0.2, 0) is 0 Å². The number of hydrogen-bond donors (Lipinski definition) is 2. The normalized spacial score (nSPS) is 12.8. The van der Waals surface area contributed by atoms with Crippen LogP contribution in [0.1, 0.15) is 123 Å². The van der Waals surface area contributed by atoms with E-state index in [9.17, 15) is 0 Å². The van der Waals surface area contributed by atoms with Crippen molar-refractivity contribution in [3.05, 3.63) is 0 Å². The third kappa shape index (κ3) is 17.3. The topological polar surface area (TPSA) is 49.5 Å². The second kappa shape index (κ2) is 21.2. The highest BCUT2D eigenvalue weighted by Gasteiger charge is 2.11. The van der Waals surface area contributed by atoms with Crippen LogP contribution < -0.4 is 5.73 Å². The Kier molecular flexibility index (Phi) is 21.1. The molecule has 3 heteroatoms. The maximum absolute atomic E-state index is 9.12. The Bertz CT molecular complexity index is 255. The van der Waals surface area contributed by atoms with Crippen LogP contribution in [0.2, 0.25) is 0 Å². The minimum atomic E-state index is 0.129. The molecule has 0 spiro atoms. The molecule has 0 aromatic rings. The zero-order valence-electron chi connectivity index (χ0n) is 18.2. The monoisotopic (exact) mass is 370 g/mol. The molecule has 0 radical (unpaired) electrons. The van der Waals surface area contributed by atoms with Crippen molar-refractivity contribution in [2.45, 2.75) is 129 Å². The Morgan fingerprint density at radius 2 is 1.04 bits per heavy atom. The van der Waals surface area contributed by atoms with Crippen LogP contribution in [0.3, 0.4) is 0 Å². The lowest BCUT2D eigenvalue weighted by molar-refractivity contribution is 0.144. The van der Waals surface area contributed by atoms with Crippen molar-refractivity contribution in [1.29, 1.82) is 0 Å². The van der Waals surface area contributed by atoms with Crippen molar-refractivity contribution < 1.29 is 5.11 Å². The quantitative estimate of drug-likeness (QED) is 0.186. The Morgan fingerprint density at radius 1 is 0.615 bits per heavy atom. The maximum Gasteiger partial charge on any atom is 0.0572 e. The van der Waals surface area contributed by atoms with Gasteiger partial charge in [-0.2, -0.15) is 0 Å². The number of nitrogens with zero attached hydrogens (tertiary/aromatic N) is 1. The molecule has 158 valence electrons. The Hall–Kier alpha value is -0.120. The van der Waals surface area contributed by atoms with E-state index in [-0.39, 0.29) is 12.8 Å². The van der Waals surface area contributed by atoms with E-state index in [1.165, 1.54) is 96.3 Å². The van der Waals surface area contributed by atoms with Crippen molar-refractivity contribution in [1.82, 2.24) is 4.90 Å². The molecular weight excluding hydrogens is 320 g/mol. The molecule has 3 nitrogen and oxygen atoms in total. The summed E-state index contributed by atoms with van der Waals surface area (Å²) in [5, 5.41) is 9.12. The molecular formula is C23H50N2O. The number of nitrogens with two attached hydrogens (primary N) is 1. The van der Waals surface area contributed by atoms with E-state index in [0.717, 1.165) is 19.4 Å². The predicted octanol–water partition coefficient (Wildman–Crippen LogP) is 6.24. The smallest absolute Gasteiger partial charge is 0.0572 e. The van der Waals surface area contributed by atoms with Crippen molar-refractivity contribution in [3.8, 4) is 0 Å². The molecule has 1 unspecified atom stereocenters. The van der Waals surface area contributed by atoms with Crippen LogP contribution >= 0.6 is 0 Å². The van der Waals surface area contributed by atoms with Crippen molar-refractivity contribution in [2.75, 3.05) is 19.7 Å². The first-order valence-corrected chi connectivity index (χ1v) is 11.9. The summed E-state index contributed by atoms with van der Waals surface area (Å²) in [5.41, 5.74) is 6.26. The van der Waals surface area contributed by atoms with E-state index < -0.39 is 0 Å². The zero-order valence-corrected chi connectivity index (χ0v) is 18.2. The first kappa shape index (κ1) is 25.9. The molecule has 0 heterocycles. The SMILES string of the molecule is CCCCCCCCCCCCCCCCCC(N)N(CCC)CCO. The molecule has 0 amide bonds. The van der Waals surface area contributed by atoms with Gasteiger partial charge in [0.25, 0.3) is 0 Å². The Morgan fingerprint density at radius 3 is 1.42 bits per heavy atom. The molecule has 0 rings (SSSR count). The van der Waals surface area contributed by atoms with Crippen molar-refractivity contribution in [3.63, 3.8) is 0 Å². The van der Waals surface area contributed by atoms with Crippen LogP contribution in [0.5, 0.6) is 0 Å². The molecule has 1 atom stereocenters. The Balaban J connectivity index is 3.28. The molecule has 0 aliphatic carbocycles. The predicted molar refractivity (Wildman–Crippen MR) is 116 cm³/mol. The fraction of sp³-hybridized carbons (Fsp3) is 1.00. The fourth-order valence-electron chi connectivity index (χ4n) is 3.77. The molecule has 0 saturated carbocycles. The molecule has 0 aromatic heterocycles.